The van der Waals surface area contributed by atoms with E-state index in [0.717, 1.165) is 49.7 Å². The zero-order valence-corrected chi connectivity index (χ0v) is 11.6. The van der Waals surface area contributed by atoms with Crippen LogP contribution in [-0.4, -0.2) is 50.6 Å². The first kappa shape index (κ1) is 13.7. The Balaban J connectivity index is 2.24. The van der Waals surface area contributed by atoms with E-state index in [1.54, 1.807) is 7.11 Å². The smallest absolute Gasteiger partial charge is 0.124 e. The molecule has 1 aliphatic rings. The summed E-state index contributed by atoms with van der Waals surface area (Å²) < 4.78 is 5.27. The Morgan fingerprint density at radius 3 is 2.53 bits per heavy atom. The monoisotopic (exact) mass is 262 g/mol. The van der Waals surface area contributed by atoms with Crippen molar-refractivity contribution in [3.05, 3.63) is 23.8 Å². The molecule has 1 saturated heterocycles. The van der Waals surface area contributed by atoms with Crippen molar-refractivity contribution in [3.63, 3.8) is 0 Å². The van der Waals surface area contributed by atoms with Gasteiger partial charge in [-0.25, -0.2) is 0 Å². The van der Waals surface area contributed by atoms with Crippen LogP contribution in [0.25, 0.3) is 0 Å². The number of rotatable bonds is 4. The molecule has 1 aromatic rings. The van der Waals surface area contributed by atoms with Gasteiger partial charge in [-0.15, -0.1) is 0 Å². The Labute approximate surface area is 114 Å². The van der Waals surface area contributed by atoms with Crippen LogP contribution < -0.4 is 15.4 Å². The van der Waals surface area contributed by atoms with E-state index < -0.39 is 0 Å². The van der Waals surface area contributed by atoms with E-state index in [1.807, 2.05) is 18.2 Å². The van der Waals surface area contributed by atoms with Gasteiger partial charge in [0.25, 0.3) is 0 Å². The zero-order chi connectivity index (χ0) is 13.8. The molecule has 19 heavy (non-hydrogen) atoms. The van der Waals surface area contributed by atoms with Crippen LogP contribution in [0.15, 0.2) is 18.2 Å². The predicted molar refractivity (Wildman–Crippen MR) is 78.3 cm³/mol. The first-order valence-electron chi connectivity index (χ1n) is 6.65. The van der Waals surface area contributed by atoms with Gasteiger partial charge in [-0.05, 0) is 18.7 Å². The van der Waals surface area contributed by atoms with Crippen LogP contribution in [0, 0.1) is 5.41 Å². The van der Waals surface area contributed by atoms with E-state index in [9.17, 15) is 0 Å². The molecule has 2 rings (SSSR count). The van der Waals surface area contributed by atoms with Gasteiger partial charge in [0, 0.05) is 37.8 Å². The number of piperazine rings is 1. The standard InChI is InChI=1S/C14H22N4O/c1-3-17-6-8-18(9-7-17)13-10-11(19-2)4-5-12(13)14(15)16/h4-5,10H,3,6-9H2,1-2H3,(H3,15,16). The van der Waals surface area contributed by atoms with Crippen molar-refractivity contribution >= 4 is 11.5 Å². The van der Waals surface area contributed by atoms with Crippen LogP contribution in [0.4, 0.5) is 5.69 Å². The maximum absolute atomic E-state index is 7.70. The van der Waals surface area contributed by atoms with E-state index in [1.165, 1.54) is 0 Å². The van der Waals surface area contributed by atoms with Crippen molar-refractivity contribution in [2.45, 2.75) is 6.92 Å². The highest BCUT2D eigenvalue weighted by molar-refractivity contribution is 6.00. The molecule has 0 amide bonds. The van der Waals surface area contributed by atoms with Crippen molar-refractivity contribution < 1.29 is 4.74 Å². The molecule has 0 unspecified atom stereocenters. The Hall–Kier alpha value is -1.75. The number of hydrogen-bond acceptors (Lipinski definition) is 4. The van der Waals surface area contributed by atoms with E-state index in [0.29, 0.717) is 0 Å². The molecule has 0 aromatic heterocycles. The van der Waals surface area contributed by atoms with Gasteiger partial charge in [-0.3, -0.25) is 5.41 Å². The number of nitrogen functional groups attached to an aromatic ring is 1. The number of nitrogens with two attached hydrogens (primary N) is 1. The van der Waals surface area contributed by atoms with Crippen LogP contribution in [0.3, 0.4) is 0 Å². The quantitative estimate of drug-likeness (QED) is 0.630. The molecule has 0 spiro atoms. The lowest BCUT2D eigenvalue weighted by atomic mass is 10.1. The molecule has 1 heterocycles. The second kappa shape index (κ2) is 5.93. The average molecular weight is 262 g/mol. The van der Waals surface area contributed by atoms with Gasteiger partial charge in [0.1, 0.15) is 11.6 Å². The summed E-state index contributed by atoms with van der Waals surface area (Å²) in [4.78, 5) is 4.70. The number of hydrogen-bond donors (Lipinski definition) is 2. The van der Waals surface area contributed by atoms with Gasteiger partial charge >= 0.3 is 0 Å². The molecule has 1 fully saturated rings. The van der Waals surface area contributed by atoms with Gasteiger partial charge in [0.2, 0.25) is 0 Å². The van der Waals surface area contributed by atoms with Crippen molar-refractivity contribution in [2.75, 3.05) is 44.7 Å². The highest BCUT2D eigenvalue weighted by atomic mass is 16.5. The molecule has 0 atom stereocenters. The topological polar surface area (TPSA) is 65.6 Å². The van der Waals surface area contributed by atoms with Crippen molar-refractivity contribution in [3.8, 4) is 5.75 Å². The number of likely N-dealkylation sites (N-methyl/N-ethyl adjacent to an activating group) is 1. The van der Waals surface area contributed by atoms with Gasteiger partial charge in [0.15, 0.2) is 0 Å². The van der Waals surface area contributed by atoms with Gasteiger partial charge in [-0.1, -0.05) is 6.92 Å². The molecular formula is C14H22N4O. The molecule has 1 aromatic carbocycles. The van der Waals surface area contributed by atoms with Crippen LogP contribution in [-0.2, 0) is 0 Å². The maximum Gasteiger partial charge on any atom is 0.124 e. The summed E-state index contributed by atoms with van der Waals surface area (Å²) in [7, 11) is 1.65. The van der Waals surface area contributed by atoms with Crippen LogP contribution in [0.1, 0.15) is 12.5 Å². The number of methoxy groups -OCH3 is 1. The summed E-state index contributed by atoms with van der Waals surface area (Å²) >= 11 is 0. The molecule has 1 aliphatic heterocycles. The molecule has 0 radical (unpaired) electrons. The summed E-state index contributed by atoms with van der Waals surface area (Å²) in [6, 6.07) is 5.68. The fraction of sp³-hybridized carbons (Fsp3) is 0.500. The summed E-state index contributed by atoms with van der Waals surface area (Å²) in [6.45, 7) is 7.28. The Kier molecular flexibility index (Phi) is 4.27. The largest absolute Gasteiger partial charge is 0.497 e. The maximum atomic E-state index is 7.70. The normalized spacial score (nSPS) is 16.4. The van der Waals surface area contributed by atoms with E-state index in [4.69, 9.17) is 15.9 Å². The number of nitrogens with zero attached hydrogens (tertiary/aromatic N) is 2. The van der Waals surface area contributed by atoms with Crippen molar-refractivity contribution in [2.24, 2.45) is 5.73 Å². The SMILES string of the molecule is CCN1CCN(c2cc(OC)ccc2C(=N)N)CC1. The fourth-order valence-electron chi connectivity index (χ4n) is 2.43. The zero-order valence-electron chi connectivity index (χ0n) is 11.6. The highest BCUT2D eigenvalue weighted by Gasteiger charge is 2.19. The molecule has 5 nitrogen and oxygen atoms in total. The number of amidine groups is 1. The lowest BCUT2D eigenvalue weighted by Crippen LogP contribution is -2.46. The minimum atomic E-state index is 0.107. The van der Waals surface area contributed by atoms with Crippen molar-refractivity contribution in [1.29, 1.82) is 5.41 Å². The lowest BCUT2D eigenvalue weighted by Gasteiger charge is -2.36. The van der Waals surface area contributed by atoms with E-state index >= 15 is 0 Å². The lowest BCUT2D eigenvalue weighted by molar-refractivity contribution is 0.271. The molecular weight excluding hydrogens is 240 g/mol. The summed E-state index contributed by atoms with van der Waals surface area (Å²) in [5.41, 5.74) is 7.46. The van der Waals surface area contributed by atoms with Gasteiger partial charge in [-0.2, -0.15) is 0 Å². The molecule has 5 heteroatoms. The second-order valence-corrected chi connectivity index (χ2v) is 4.72. The minimum Gasteiger partial charge on any atom is -0.497 e. The second-order valence-electron chi connectivity index (χ2n) is 4.72. The number of nitrogens with one attached hydrogen (secondary N) is 1. The number of ether oxygens (including phenoxy) is 1. The molecule has 0 saturated carbocycles. The third-order valence-corrected chi connectivity index (χ3v) is 3.66. The summed E-state index contributed by atoms with van der Waals surface area (Å²) in [5, 5.41) is 7.70. The summed E-state index contributed by atoms with van der Waals surface area (Å²) in [5.74, 6) is 0.911. The van der Waals surface area contributed by atoms with Crippen LogP contribution in [0.5, 0.6) is 5.75 Å². The fourth-order valence-corrected chi connectivity index (χ4v) is 2.43. The Bertz CT molecular complexity index is 453. The summed E-state index contributed by atoms with van der Waals surface area (Å²) in [6.07, 6.45) is 0. The van der Waals surface area contributed by atoms with Crippen molar-refractivity contribution in [1.82, 2.24) is 4.90 Å². The average Bonchev–Trinajstić information content (AvgIpc) is 2.46. The van der Waals surface area contributed by atoms with Gasteiger partial charge < -0.3 is 20.3 Å². The molecule has 104 valence electrons. The molecule has 3 N–H and O–H groups in total. The van der Waals surface area contributed by atoms with E-state index in [-0.39, 0.29) is 5.84 Å². The molecule has 0 bridgehead atoms. The third kappa shape index (κ3) is 2.98. The number of anilines is 1. The first-order valence-corrected chi connectivity index (χ1v) is 6.65. The van der Waals surface area contributed by atoms with Gasteiger partial charge in [0.05, 0.1) is 12.8 Å². The van der Waals surface area contributed by atoms with E-state index in [2.05, 4.69) is 16.7 Å². The minimum absolute atomic E-state index is 0.107. The Morgan fingerprint density at radius 1 is 1.32 bits per heavy atom. The predicted octanol–water partition coefficient (Wildman–Crippen LogP) is 1.12. The molecule has 0 aliphatic carbocycles. The third-order valence-electron chi connectivity index (χ3n) is 3.66. The highest BCUT2D eigenvalue weighted by Crippen LogP contribution is 2.26. The Morgan fingerprint density at radius 2 is 2.00 bits per heavy atom. The number of benzene rings is 1. The first-order chi connectivity index (χ1) is 9.15. The van der Waals surface area contributed by atoms with Crippen LogP contribution in [0.2, 0.25) is 0 Å². The van der Waals surface area contributed by atoms with Crippen LogP contribution >= 0.6 is 0 Å².